The average molecular weight is 370 g/mol. The molecule has 1 unspecified atom stereocenters. The van der Waals surface area contributed by atoms with Gasteiger partial charge >= 0.3 is 0 Å². The molecule has 0 aliphatic carbocycles. The Morgan fingerprint density at radius 2 is 1.93 bits per heavy atom. The molecule has 1 aromatic carbocycles. The van der Waals surface area contributed by atoms with Gasteiger partial charge in [-0.25, -0.2) is 4.98 Å². The first-order chi connectivity index (χ1) is 13.1. The first-order valence-electron chi connectivity index (χ1n) is 9.27. The number of aliphatic hydroxyl groups is 1. The maximum absolute atomic E-state index is 13.0. The Morgan fingerprint density at radius 3 is 2.63 bits per heavy atom. The Balaban J connectivity index is 1.67. The fourth-order valence-electron chi connectivity index (χ4n) is 3.86. The SMILES string of the molecule is O=C1CCC(n2cnc3ccc(N4CCC(CO)CC4)cc3c2=O)C(=O)N1. The highest BCUT2D eigenvalue weighted by atomic mass is 16.3. The van der Waals surface area contributed by atoms with E-state index in [9.17, 15) is 19.5 Å². The molecule has 1 atom stereocenters. The van der Waals surface area contributed by atoms with Crippen LogP contribution in [0.1, 0.15) is 31.7 Å². The van der Waals surface area contributed by atoms with Crippen LogP contribution in [0.4, 0.5) is 5.69 Å². The molecule has 2 fully saturated rings. The van der Waals surface area contributed by atoms with Gasteiger partial charge in [-0.15, -0.1) is 0 Å². The second-order valence-corrected chi connectivity index (χ2v) is 7.24. The van der Waals surface area contributed by atoms with Crippen molar-refractivity contribution in [3.05, 3.63) is 34.9 Å². The smallest absolute Gasteiger partial charge is 0.262 e. The van der Waals surface area contributed by atoms with Gasteiger partial charge < -0.3 is 10.0 Å². The summed E-state index contributed by atoms with van der Waals surface area (Å²) >= 11 is 0. The second-order valence-electron chi connectivity index (χ2n) is 7.24. The normalized spacial score (nSPS) is 21.5. The van der Waals surface area contributed by atoms with Crippen LogP contribution in [0, 0.1) is 5.92 Å². The van der Waals surface area contributed by atoms with Crippen molar-refractivity contribution in [1.82, 2.24) is 14.9 Å². The number of anilines is 1. The van der Waals surface area contributed by atoms with Crippen molar-refractivity contribution in [3.63, 3.8) is 0 Å². The Kier molecular flexibility index (Phi) is 4.65. The van der Waals surface area contributed by atoms with Gasteiger partial charge in [0, 0.05) is 31.8 Å². The van der Waals surface area contributed by atoms with Gasteiger partial charge in [-0.05, 0) is 43.4 Å². The Labute approximate surface area is 155 Å². The highest BCUT2D eigenvalue weighted by Gasteiger charge is 2.29. The molecule has 2 aromatic rings. The number of amides is 2. The number of benzene rings is 1. The van der Waals surface area contributed by atoms with E-state index in [0.29, 0.717) is 23.2 Å². The molecular weight excluding hydrogens is 348 g/mol. The van der Waals surface area contributed by atoms with Crippen LogP contribution in [0.3, 0.4) is 0 Å². The minimum absolute atomic E-state index is 0.209. The minimum Gasteiger partial charge on any atom is -0.396 e. The van der Waals surface area contributed by atoms with Crippen LogP contribution in [0.5, 0.6) is 0 Å². The lowest BCUT2D eigenvalue weighted by molar-refractivity contribution is -0.135. The maximum Gasteiger partial charge on any atom is 0.262 e. The van der Waals surface area contributed by atoms with Crippen LogP contribution in [-0.2, 0) is 9.59 Å². The molecule has 2 saturated heterocycles. The molecule has 2 N–H and O–H groups in total. The molecule has 2 aliphatic rings. The number of nitrogens with one attached hydrogen (secondary N) is 1. The summed E-state index contributed by atoms with van der Waals surface area (Å²) < 4.78 is 1.33. The summed E-state index contributed by atoms with van der Waals surface area (Å²) in [5.74, 6) is -0.434. The standard InChI is InChI=1S/C19H22N4O4/c24-10-12-5-7-22(8-6-12)13-1-2-15-14(9-13)19(27)23(11-20-15)16-3-4-17(25)21-18(16)26/h1-2,9,11-12,16,24H,3-8,10H2,(H,21,25,26). The van der Waals surface area contributed by atoms with Crippen molar-refractivity contribution >= 4 is 28.4 Å². The Morgan fingerprint density at radius 1 is 1.15 bits per heavy atom. The van der Waals surface area contributed by atoms with E-state index in [-0.39, 0.29) is 24.5 Å². The van der Waals surface area contributed by atoms with Crippen LogP contribution in [0.2, 0.25) is 0 Å². The fraction of sp³-hybridized carbons (Fsp3) is 0.474. The zero-order valence-electron chi connectivity index (χ0n) is 14.9. The summed E-state index contributed by atoms with van der Waals surface area (Å²) in [6.45, 7) is 1.88. The molecule has 27 heavy (non-hydrogen) atoms. The molecule has 8 nitrogen and oxygen atoms in total. The van der Waals surface area contributed by atoms with E-state index >= 15 is 0 Å². The zero-order valence-corrected chi connectivity index (χ0v) is 14.9. The van der Waals surface area contributed by atoms with Crippen molar-refractivity contribution < 1.29 is 14.7 Å². The predicted molar refractivity (Wildman–Crippen MR) is 99.4 cm³/mol. The average Bonchev–Trinajstić information content (AvgIpc) is 2.69. The minimum atomic E-state index is -0.712. The van der Waals surface area contributed by atoms with Gasteiger partial charge in [-0.1, -0.05) is 0 Å². The lowest BCUT2D eigenvalue weighted by Gasteiger charge is -2.33. The van der Waals surface area contributed by atoms with Gasteiger partial charge in [0.25, 0.3) is 5.56 Å². The molecule has 0 bridgehead atoms. The molecule has 0 radical (unpaired) electrons. The van der Waals surface area contributed by atoms with Crippen LogP contribution in [-0.4, -0.2) is 46.2 Å². The van der Waals surface area contributed by atoms with Gasteiger partial charge in [0.1, 0.15) is 6.04 Å². The first-order valence-corrected chi connectivity index (χ1v) is 9.27. The number of fused-ring (bicyclic) bond motifs is 1. The summed E-state index contributed by atoms with van der Waals surface area (Å²) in [4.78, 5) is 43.0. The van der Waals surface area contributed by atoms with Crippen molar-refractivity contribution in [3.8, 4) is 0 Å². The van der Waals surface area contributed by atoms with E-state index in [1.165, 1.54) is 10.9 Å². The Hall–Kier alpha value is -2.74. The lowest BCUT2D eigenvalue weighted by atomic mass is 9.97. The molecule has 1 aromatic heterocycles. The molecule has 142 valence electrons. The van der Waals surface area contributed by atoms with Gasteiger partial charge in [0.2, 0.25) is 11.8 Å². The third-order valence-electron chi connectivity index (χ3n) is 5.55. The second kappa shape index (κ2) is 7.11. The summed E-state index contributed by atoms with van der Waals surface area (Å²) in [7, 11) is 0. The topological polar surface area (TPSA) is 105 Å². The third kappa shape index (κ3) is 3.32. The van der Waals surface area contributed by atoms with Crippen LogP contribution < -0.4 is 15.8 Å². The maximum atomic E-state index is 13.0. The number of rotatable bonds is 3. The molecule has 8 heteroatoms. The number of hydrogen-bond donors (Lipinski definition) is 2. The summed E-state index contributed by atoms with van der Waals surface area (Å²) in [5.41, 5.74) is 1.25. The molecule has 4 rings (SSSR count). The number of nitrogens with zero attached hydrogens (tertiary/aromatic N) is 3. The monoisotopic (exact) mass is 370 g/mol. The largest absolute Gasteiger partial charge is 0.396 e. The highest BCUT2D eigenvalue weighted by molar-refractivity contribution is 5.99. The van der Waals surface area contributed by atoms with E-state index in [4.69, 9.17) is 0 Å². The molecule has 3 heterocycles. The molecule has 0 spiro atoms. The third-order valence-corrected chi connectivity index (χ3v) is 5.55. The number of imide groups is 1. The zero-order chi connectivity index (χ0) is 19.0. The first kappa shape index (κ1) is 17.7. The van der Waals surface area contributed by atoms with Gasteiger partial charge in [0.15, 0.2) is 0 Å². The van der Waals surface area contributed by atoms with E-state index in [1.54, 1.807) is 0 Å². The van der Waals surface area contributed by atoms with Crippen molar-refractivity contribution in [2.45, 2.75) is 31.7 Å². The fourth-order valence-corrected chi connectivity index (χ4v) is 3.86. The van der Waals surface area contributed by atoms with Crippen molar-refractivity contribution in [2.24, 2.45) is 5.92 Å². The van der Waals surface area contributed by atoms with Gasteiger partial charge in [-0.3, -0.25) is 24.3 Å². The van der Waals surface area contributed by atoms with Gasteiger partial charge in [-0.2, -0.15) is 0 Å². The van der Waals surface area contributed by atoms with E-state index in [1.807, 2.05) is 18.2 Å². The van der Waals surface area contributed by atoms with E-state index < -0.39 is 11.9 Å². The van der Waals surface area contributed by atoms with Crippen LogP contribution in [0.25, 0.3) is 10.9 Å². The number of aromatic nitrogens is 2. The molecule has 2 aliphatic heterocycles. The predicted octanol–water partition coefficient (Wildman–Crippen LogP) is 0.583. The summed E-state index contributed by atoms with van der Waals surface area (Å²) in [5, 5.41) is 12.0. The quantitative estimate of drug-likeness (QED) is 0.766. The van der Waals surface area contributed by atoms with Crippen LogP contribution in [0.15, 0.2) is 29.3 Å². The molecule has 2 amide bonds. The number of carbonyl (C=O) groups is 2. The highest BCUT2D eigenvalue weighted by Crippen LogP contribution is 2.25. The summed E-state index contributed by atoms with van der Waals surface area (Å²) in [6.07, 6.45) is 3.73. The lowest BCUT2D eigenvalue weighted by Crippen LogP contribution is -2.44. The molecular formula is C19H22N4O4. The number of hydrogen-bond acceptors (Lipinski definition) is 6. The van der Waals surface area contributed by atoms with E-state index in [0.717, 1.165) is 31.6 Å². The Bertz CT molecular complexity index is 946. The number of carbonyl (C=O) groups excluding carboxylic acids is 2. The van der Waals surface area contributed by atoms with Gasteiger partial charge in [0.05, 0.1) is 17.2 Å². The van der Waals surface area contributed by atoms with E-state index in [2.05, 4.69) is 15.2 Å². The van der Waals surface area contributed by atoms with Crippen molar-refractivity contribution in [1.29, 1.82) is 0 Å². The molecule has 0 saturated carbocycles. The number of piperidine rings is 2. The van der Waals surface area contributed by atoms with Crippen LogP contribution >= 0.6 is 0 Å². The number of aliphatic hydroxyl groups excluding tert-OH is 1. The summed E-state index contributed by atoms with van der Waals surface area (Å²) in [6, 6.07) is 4.88. The van der Waals surface area contributed by atoms with Crippen molar-refractivity contribution in [2.75, 3.05) is 24.6 Å².